The average molecular weight is 157 g/mol. The van der Waals surface area contributed by atoms with Crippen molar-refractivity contribution in [2.75, 3.05) is 13.1 Å². The molecule has 11 heavy (non-hydrogen) atoms. The highest BCUT2D eigenvalue weighted by molar-refractivity contribution is 5.75. The van der Waals surface area contributed by atoms with Gasteiger partial charge in [-0.1, -0.05) is 6.42 Å². The Morgan fingerprint density at radius 3 is 2.64 bits per heavy atom. The predicted molar refractivity (Wildman–Crippen MR) is 45.9 cm³/mol. The Balaban J connectivity index is 3.04. The maximum atomic E-state index is 10.8. The summed E-state index contributed by atoms with van der Waals surface area (Å²) < 4.78 is 0. The molecule has 0 aliphatic heterocycles. The van der Waals surface area contributed by atoms with Crippen LogP contribution in [0.1, 0.15) is 25.7 Å². The maximum absolute atomic E-state index is 10.8. The number of nitrogens with two attached hydrogens (primary N) is 1. The van der Waals surface area contributed by atoms with Crippen molar-refractivity contribution in [3.05, 3.63) is 6.92 Å². The van der Waals surface area contributed by atoms with Crippen molar-refractivity contribution in [3.8, 4) is 0 Å². The van der Waals surface area contributed by atoms with Gasteiger partial charge in [-0.15, -0.1) is 0 Å². The second-order valence-electron chi connectivity index (χ2n) is 2.45. The number of unbranched alkanes of at least 4 members (excludes halogenated alkanes) is 2. The maximum Gasteiger partial charge on any atom is 0.219 e. The first-order chi connectivity index (χ1) is 5.31. The van der Waals surface area contributed by atoms with E-state index in [1.54, 1.807) is 0 Å². The molecule has 0 saturated heterocycles. The van der Waals surface area contributed by atoms with Gasteiger partial charge in [0.1, 0.15) is 0 Å². The molecule has 0 spiro atoms. The molecule has 0 rings (SSSR count). The van der Waals surface area contributed by atoms with Gasteiger partial charge in [-0.25, -0.2) is 0 Å². The molecule has 3 heteroatoms. The Morgan fingerprint density at radius 1 is 1.36 bits per heavy atom. The van der Waals surface area contributed by atoms with Gasteiger partial charge in [-0.2, -0.15) is 0 Å². The van der Waals surface area contributed by atoms with Crippen LogP contribution in [0.25, 0.3) is 0 Å². The molecule has 0 fully saturated rings. The Morgan fingerprint density at radius 2 is 2.09 bits per heavy atom. The fraction of sp³-hybridized carbons (Fsp3) is 0.750. The zero-order valence-corrected chi connectivity index (χ0v) is 6.94. The molecule has 0 aliphatic carbocycles. The van der Waals surface area contributed by atoms with Crippen molar-refractivity contribution in [3.63, 3.8) is 0 Å². The normalized spacial score (nSPS) is 9.64. The predicted octanol–water partition coefficient (Wildman–Crippen LogP) is 0.456. The van der Waals surface area contributed by atoms with Gasteiger partial charge in [0.2, 0.25) is 5.91 Å². The Labute approximate surface area is 68.3 Å². The monoisotopic (exact) mass is 157 g/mol. The molecule has 0 aliphatic rings. The smallest absolute Gasteiger partial charge is 0.219 e. The molecule has 1 amide bonds. The summed E-state index contributed by atoms with van der Waals surface area (Å²) in [5, 5.41) is 2.64. The summed E-state index contributed by atoms with van der Waals surface area (Å²) in [7, 11) is 0. The molecule has 65 valence electrons. The zero-order valence-electron chi connectivity index (χ0n) is 6.94. The van der Waals surface area contributed by atoms with Gasteiger partial charge in [0.15, 0.2) is 0 Å². The van der Waals surface area contributed by atoms with Crippen LogP contribution in [0.2, 0.25) is 0 Å². The molecule has 1 radical (unpaired) electrons. The highest BCUT2D eigenvalue weighted by Gasteiger charge is 1.97. The summed E-state index contributed by atoms with van der Waals surface area (Å²) in [6, 6.07) is 0. The van der Waals surface area contributed by atoms with Crippen LogP contribution in [-0.2, 0) is 4.79 Å². The van der Waals surface area contributed by atoms with Crippen LogP contribution in [0.4, 0.5) is 0 Å². The molecule has 0 aromatic heterocycles. The van der Waals surface area contributed by atoms with E-state index < -0.39 is 0 Å². The molecule has 0 aromatic rings. The van der Waals surface area contributed by atoms with Crippen molar-refractivity contribution in [2.45, 2.75) is 25.7 Å². The Hall–Kier alpha value is -0.570. The summed E-state index contributed by atoms with van der Waals surface area (Å²) in [6.45, 7) is 4.72. The number of rotatable bonds is 6. The first kappa shape index (κ1) is 10.4. The lowest BCUT2D eigenvalue weighted by Crippen LogP contribution is -2.22. The topological polar surface area (TPSA) is 55.1 Å². The molecule has 0 saturated carbocycles. The molecule has 3 N–H and O–H groups in total. The Bertz CT molecular complexity index is 104. The third-order valence-corrected chi connectivity index (χ3v) is 1.43. The van der Waals surface area contributed by atoms with E-state index >= 15 is 0 Å². The lowest BCUT2D eigenvalue weighted by molar-refractivity contribution is -0.121. The van der Waals surface area contributed by atoms with E-state index in [2.05, 4.69) is 12.2 Å². The van der Waals surface area contributed by atoms with Crippen LogP contribution in [0.5, 0.6) is 0 Å². The molecular formula is C8H17N2O. The van der Waals surface area contributed by atoms with Gasteiger partial charge in [0.05, 0.1) is 0 Å². The largest absolute Gasteiger partial charge is 0.356 e. The van der Waals surface area contributed by atoms with Crippen molar-refractivity contribution >= 4 is 5.91 Å². The van der Waals surface area contributed by atoms with Crippen molar-refractivity contribution in [1.29, 1.82) is 0 Å². The quantitative estimate of drug-likeness (QED) is 0.550. The fourth-order valence-corrected chi connectivity index (χ4v) is 0.834. The van der Waals surface area contributed by atoms with Crippen LogP contribution >= 0.6 is 0 Å². The Kier molecular flexibility index (Phi) is 7.15. The minimum Gasteiger partial charge on any atom is -0.356 e. The van der Waals surface area contributed by atoms with Gasteiger partial charge >= 0.3 is 0 Å². The summed E-state index contributed by atoms with van der Waals surface area (Å²) in [5.41, 5.74) is 5.29. The van der Waals surface area contributed by atoms with Crippen LogP contribution in [0.15, 0.2) is 0 Å². The lowest BCUT2D eigenvalue weighted by Gasteiger charge is -2.00. The van der Waals surface area contributed by atoms with Gasteiger partial charge in [0.25, 0.3) is 0 Å². The van der Waals surface area contributed by atoms with E-state index in [9.17, 15) is 4.79 Å². The van der Waals surface area contributed by atoms with Gasteiger partial charge in [-0.3, -0.25) is 4.79 Å². The number of carbonyl (C=O) groups is 1. The van der Waals surface area contributed by atoms with Crippen LogP contribution < -0.4 is 11.1 Å². The van der Waals surface area contributed by atoms with E-state index in [4.69, 9.17) is 5.73 Å². The standard InChI is InChI=1S/C8H17N2O/c1-2-10-8(11)6-4-3-5-7-9/h1-7,9H2,(H,10,11). The van der Waals surface area contributed by atoms with Gasteiger partial charge < -0.3 is 11.1 Å². The van der Waals surface area contributed by atoms with Crippen LogP contribution in [0.3, 0.4) is 0 Å². The highest BCUT2D eigenvalue weighted by Crippen LogP contribution is 1.97. The van der Waals surface area contributed by atoms with Crippen molar-refractivity contribution in [2.24, 2.45) is 5.73 Å². The van der Waals surface area contributed by atoms with Crippen LogP contribution in [0, 0.1) is 6.92 Å². The van der Waals surface area contributed by atoms with E-state index in [1.807, 2.05) is 0 Å². The van der Waals surface area contributed by atoms with E-state index in [0.29, 0.717) is 13.0 Å². The third-order valence-electron chi connectivity index (χ3n) is 1.43. The summed E-state index contributed by atoms with van der Waals surface area (Å²) in [6.07, 6.45) is 3.59. The molecule has 0 aromatic carbocycles. The first-order valence-corrected chi connectivity index (χ1v) is 4.07. The number of hydrogen-bond donors (Lipinski definition) is 2. The number of amides is 1. The molecule has 0 atom stereocenters. The summed E-state index contributed by atoms with van der Waals surface area (Å²) in [5.74, 6) is 0.0945. The molecule has 3 nitrogen and oxygen atoms in total. The van der Waals surface area contributed by atoms with Crippen molar-refractivity contribution in [1.82, 2.24) is 5.32 Å². The SMILES string of the molecule is [CH2]CNC(=O)CCCCCN. The molecule has 0 heterocycles. The second kappa shape index (κ2) is 7.54. The summed E-state index contributed by atoms with van der Waals surface area (Å²) in [4.78, 5) is 10.8. The minimum atomic E-state index is 0.0945. The number of hydrogen-bond acceptors (Lipinski definition) is 2. The second-order valence-corrected chi connectivity index (χ2v) is 2.45. The molecule has 0 bridgehead atoms. The lowest BCUT2D eigenvalue weighted by atomic mass is 10.2. The van der Waals surface area contributed by atoms with Crippen LogP contribution in [-0.4, -0.2) is 19.0 Å². The number of nitrogens with one attached hydrogen (secondary N) is 1. The molecular weight excluding hydrogens is 140 g/mol. The van der Waals surface area contributed by atoms with Gasteiger partial charge in [0, 0.05) is 13.0 Å². The zero-order chi connectivity index (χ0) is 8.53. The summed E-state index contributed by atoms with van der Waals surface area (Å²) >= 11 is 0. The van der Waals surface area contributed by atoms with Crippen molar-refractivity contribution < 1.29 is 4.79 Å². The fourth-order valence-electron chi connectivity index (χ4n) is 0.834. The van der Waals surface area contributed by atoms with E-state index in [0.717, 1.165) is 25.8 Å². The van der Waals surface area contributed by atoms with E-state index in [1.165, 1.54) is 0 Å². The van der Waals surface area contributed by atoms with Gasteiger partial charge in [-0.05, 0) is 26.3 Å². The first-order valence-electron chi connectivity index (χ1n) is 4.07. The minimum absolute atomic E-state index is 0.0945. The third kappa shape index (κ3) is 7.33. The van der Waals surface area contributed by atoms with E-state index in [-0.39, 0.29) is 5.91 Å². The highest BCUT2D eigenvalue weighted by atomic mass is 16.1. The average Bonchev–Trinajstić information content (AvgIpc) is 1.99. The number of carbonyl (C=O) groups excluding carboxylic acids is 1. The molecule has 0 unspecified atom stereocenters.